The van der Waals surface area contributed by atoms with E-state index in [1.54, 1.807) is 32.0 Å². The van der Waals surface area contributed by atoms with Gasteiger partial charge < -0.3 is 5.11 Å². The van der Waals surface area contributed by atoms with Crippen LogP contribution in [0, 0.1) is 11.8 Å². The van der Waals surface area contributed by atoms with Crippen LogP contribution in [0.25, 0.3) is 0 Å². The minimum absolute atomic E-state index is 0.422. The molecule has 1 unspecified atom stereocenters. The van der Waals surface area contributed by atoms with E-state index in [4.69, 9.17) is 23.2 Å². The quantitative estimate of drug-likeness (QED) is 0.733. The smallest absolute Gasteiger partial charge is 0.151 e. The molecule has 1 rings (SSSR count). The van der Waals surface area contributed by atoms with Crippen LogP contribution in [-0.4, -0.2) is 5.11 Å². The Morgan fingerprint density at radius 1 is 1.29 bits per heavy atom. The second-order valence-corrected chi connectivity index (χ2v) is 3.86. The third-order valence-corrected chi connectivity index (χ3v) is 2.45. The molecule has 0 aliphatic heterocycles. The molecule has 1 N–H and O–H groups in total. The van der Waals surface area contributed by atoms with Crippen molar-refractivity contribution < 1.29 is 5.11 Å². The number of halogens is 2. The Hall–Kier alpha value is -0.680. The molecule has 1 aromatic rings. The van der Waals surface area contributed by atoms with Crippen LogP contribution in [0.3, 0.4) is 0 Å². The summed E-state index contributed by atoms with van der Waals surface area (Å²) in [6.07, 6.45) is 0. The van der Waals surface area contributed by atoms with E-state index < -0.39 is 5.60 Å². The summed E-state index contributed by atoms with van der Waals surface area (Å²) in [6.45, 7) is 3.22. The minimum Gasteiger partial charge on any atom is -0.374 e. The molecule has 0 saturated heterocycles. The molecule has 0 spiro atoms. The third kappa shape index (κ3) is 2.22. The van der Waals surface area contributed by atoms with Crippen LogP contribution in [0.4, 0.5) is 0 Å². The van der Waals surface area contributed by atoms with E-state index in [0.717, 1.165) is 0 Å². The van der Waals surface area contributed by atoms with Crippen LogP contribution in [0.15, 0.2) is 18.2 Å². The van der Waals surface area contributed by atoms with E-state index in [1.165, 1.54) is 0 Å². The summed E-state index contributed by atoms with van der Waals surface area (Å²) in [5.41, 5.74) is -0.845. The Balaban J connectivity index is 3.35. The highest BCUT2D eigenvalue weighted by molar-refractivity contribution is 6.36. The monoisotopic (exact) mass is 228 g/mol. The Labute approximate surface area is 93.7 Å². The summed E-state index contributed by atoms with van der Waals surface area (Å²) in [6, 6.07) is 5.08. The molecule has 14 heavy (non-hydrogen) atoms. The molecule has 0 radical (unpaired) electrons. The first kappa shape index (κ1) is 11.4. The number of hydrogen-bond donors (Lipinski definition) is 1. The van der Waals surface area contributed by atoms with Crippen molar-refractivity contribution in [1.29, 1.82) is 0 Å². The first-order valence-corrected chi connectivity index (χ1v) is 4.85. The lowest BCUT2D eigenvalue weighted by Gasteiger charge is -2.19. The summed E-state index contributed by atoms with van der Waals surface area (Å²) in [5.74, 6) is 5.30. The van der Waals surface area contributed by atoms with Gasteiger partial charge in [0.2, 0.25) is 0 Å². The molecule has 0 saturated carbocycles. The summed E-state index contributed by atoms with van der Waals surface area (Å²) < 4.78 is 0. The lowest BCUT2D eigenvalue weighted by Crippen LogP contribution is -2.19. The van der Waals surface area contributed by atoms with Crippen molar-refractivity contribution >= 4 is 23.2 Å². The maximum absolute atomic E-state index is 10.0. The van der Waals surface area contributed by atoms with Crippen LogP contribution in [0.2, 0.25) is 10.0 Å². The molecule has 0 bridgehead atoms. The lowest BCUT2D eigenvalue weighted by molar-refractivity contribution is 0.122. The predicted octanol–water partition coefficient (Wildman–Crippen LogP) is 3.22. The van der Waals surface area contributed by atoms with E-state index in [0.29, 0.717) is 15.6 Å². The molecule has 0 amide bonds. The van der Waals surface area contributed by atoms with Gasteiger partial charge >= 0.3 is 0 Å². The topological polar surface area (TPSA) is 20.2 Å². The average molecular weight is 229 g/mol. The molecule has 0 aliphatic carbocycles. The van der Waals surface area contributed by atoms with Crippen LogP contribution >= 0.6 is 23.2 Å². The van der Waals surface area contributed by atoms with Crippen LogP contribution in [0.1, 0.15) is 19.4 Å². The number of rotatable bonds is 1. The van der Waals surface area contributed by atoms with Crippen molar-refractivity contribution in [2.24, 2.45) is 0 Å². The first-order valence-electron chi connectivity index (χ1n) is 4.10. The Morgan fingerprint density at radius 3 is 2.21 bits per heavy atom. The molecular formula is C11H10Cl2O. The largest absolute Gasteiger partial charge is 0.374 e. The molecule has 1 atom stereocenters. The van der Waals surface area contributed by atoms with E-state index >= 15 is 0 Å². The molecule has 0 fully saturated rings. The zero-order chi connectivity index (χ0) is 10.8. The summed E-state index contributed by atoms with van der Waals surface area (Å²) in [5, 5.41) is 10.8. The molecule has 0 aliphatic rings. The fourth-order valence-electron chi connectivity index (χ4n) is 1.27. The van der Waals surface area contributed by atoms with Gasteiger partial charge in [0.05, 0.1) is 0 Å². The summed E-state index contributed by atoms with van der Waals surface area (Å²) in [7, 11) is 0. The predicted molar refractivity (Wildman–Crippen MR) is 59.5 cm³/mol. The van der Waals surface area contributed by atoms with E-state index in [1.807, 2.05) is 0 Å². The van der Waals surface area contributed by atoms with E-state index in [-0.39, 0.29) is 0 Å². The molecule has 0 heterocycles. The van der Waals surface area contributed by atoms with Crippen molar-refractivity contribution in [1.82, 2.24) is 0 Å². The molecule has 3 heteroatoms. The maximum atomic E-state index is 10.0. The van der Waals surface area contributed by atoms with Gasteiger partial charge in [0.15, 0.2) is 5.60 Å². The summed E-state index contributed by atoms with van der Waals surface area (Å²) in [4.78, 5) is 0. The Bertz CT molecular complexity index is 379. The molecule has 1 aromatic carbocycles. The third-order valence-electron chi connectivity index (χ3n) is 1.82. The lowest BCUT2D eigenvalue weighted by atomic mass is 9.96. The second-order valence-electron chi connectivity index (χ2n) is 3.04. The zero-order valence-corrected chi connectivity index (χ0v) is 9.45. The SMILES string of the molecule is CC#CC(C)(O)c1c(Cl)cccc1Cl. The van der Waals surface area contributed by atoms with Gasteiger partial charge in [-0.05, 0) is 26.0 Å². The van der Waals surface area contributed by atoms with Crippen LogP contribution in [-0.2, 0) is 5.60 Å². The molecular weight excluding hydrogens is 219 g/mol. The van der Waals surface area contributed by atoms with Gasteiger partial charge in [-0.15, -0.1) is 5.92 Å². The van der Waals surface area contributed by atoms with Gasteiger partial charge in [0.1, 0.15) is 0 Å². The van der Waals surface area contributed by atoms with Gasteiger partial charge in [-0.2, -0.15) is 0 Å². The highest BCUT2D eigenvalue weighted by Crippen LogP contribution is 2.33. The normalized spacial score (nSPS) is 14.1. The summed E-state index contributed by atoms with van der Waals surface area (Å²) >= 11 is 11.9. The van der Waals surface area contributed by atoms with Crippen LogP contribution in [0.5, 0.6) is 0 Å². The number of aliphatic hydroxyl groups is 1. The van der Waals surface area contributed by atoms with Gasteiger partial charge in [0, 0.05) is 15.6 Å². The van der Waals surface area contributed by atoms with Gasteiger partial charge in [-0.25, -0.2) is 0 Å². The van der Waals surface area contributed by atoms with Crippen molar-refractivity contribution in [2.75, 3.05) is 0 Å². The highest BCUT2D eigenvalue weighted by Gasteiger charge is 2.25. The molecule has 0 aromatic heterocycles. The first-order chi connectivity index (χ1) is 6.49. The minimum atomic E-state index is -1.30. The van der Waals surface area contributed by atoms with Crippen LogP contribution < -0.4 is 0 Å². The van der Waals surface area contributed by atoms with Gasteiger partial charge in [-0.1, -0.05) is 35.2 Å². The van der Waals surface area contributed by atoms with Crippen molar-refractivity contribution in [3.63, 3.8) is 0 Å². The van der Waals surface area contributed by atoms with Gasteiger partial charge in [-0.3, -0.25) is 0 Å². The molecule has 74 valence electrons. The zero-order valence-electron chi connectivity index (χ0n) is 7.94. The highest BCUT2D eigenvalue weighted by atomic mass is 35.5. The van der Waals surface area contributed by atoms with E-state index in [2.05, 4.69) is 11.8 Å². The van der Waals surface area contributed by atoms with Gasteiger partial charge in [0.25, 0.3) is 0 Å². The fourth-order valence-corrected chi connectivity index (χ4v) is 2.03. The van der Waals surface area contributed by atoms with Crippen molar-refractivity contribution in [3.8, 4) is 11.8 Å². The maximum Gasteiger partial charge on any atom is 0.151 e. The average Bonchev–Trinajstić information content (AvgIpc) is 2.02. The second kappa shape index (κ2) is 4.23. The Kier molecular flexibility index (Phi) is 3.44. The standard InChI is InChI=1S/C11H10Cl2O/c1-3-7-11(2,14)10-8(12)5-4-6-9(10)13/h4-6,14H,1-2H3. The Morgan fingerprint density at radius 2 is 1.79 bits per heavy atom. The fraction of sp³-hybridized carbons (Fsp3) is 0.273. The molecule has 1 nitrogen and oxygen atoms in total. The van der Waals surface area contributed by atoms with E-state index in [9.17, 15) is 5.11 Å². The number of hydrogen-bond acceptors (Lipinski definition) is 1. The van der Waals surface area contributed by atoms with Crippen molar-refractivity contribution in [3.05, 3.63) is 33.8 Å². The number of benzene rings is 1. The van der Waals surface area contributed by atoms with Crippen molar-refractivity contribution in [2.45, 2.75) is 19.4 Å².